The van der Waals surface area contributed by atoms with Crippen LogP contribution in [0.3, 0.4) is 0 Å². The van der Waals surface area contributed by atoms with Crippen LogP contribution in [-0.4, -0.2) is 9.52 Å². The predicted octanol–water partition coefficient (Wildman–Crippen LogP) is 14.0. The number of fused-ring (bicyclic) bond motifs is 5. The van der Waals surface area contributed by atoms with E-state index in [4.69, 9.17) is 17.0 Å². The molecule has 0 N–H and O–H groups in total. The molecule has 0 amide bonds. The van der Waals surface area contributed by atoms with Crippen molar-refractivity contribution in [2.75, 3.05) is 0 Å². The molecule has 0 atom stereocenters. The van der Waals surface area contributed by atoms with Crippen molar-refractivity contribution in [1.29, 1.82) is 0 Å². The van der Waals surface area contributed by atoms with Crippen LogP contribution < -0.4 is 10.4 Å². The quantitative estimate of drug-likeness (QED) is 0.105. The van der Waals surface area contributed by atoms with Gasteiger partial charge in [-0.05, 0) is 47.9 Å². The van der Waals surface area contributed by atoms with Gasteiger partial charge in [-0.3, -0.25) is 0 Å². The summed E-state index contributed by atoms with van der Waals surface area (Å²) in [7, 11) is 10.7. The Kier molecular flexibility index (Phi) is 15.8. The van der Waals surface area contributed by atoms with Crippen molar-refractivity contribution in [2.24, 2.45) is 0 Å². The van der Waals surface area contributed by atoms with Crippen molar-refractivity contribution >= 4 is 58.5 Å². The first-order valence-corrected chi connectivity index (χ1v) is 27.2. The van der Waals surface area contributed by atoms with E-state index in [1.165, 1.54) is 100 Å². The molecular weight excluding hydrogens is 815 g/mol. The molecule has 1 aliphatic rings. The number of hydrogen-bond acceptors (Lipinski definition) is 0. The topological polar surface area (TPSA) is 0 Å². The van der Waals surface area contributed by atoms with Gasteiger partial charge < -0.3 is 0 Å². The zero-order chi connectivity index (χ0) is 39.3. The third-order valence-electron chi connectivity index (χ3n) is 10.4. The molecule has 1 heterocycles. The van der Waals surface area contributed by atoms with Gasteiger partial charge in [0.15, 0.2) is 0 Å². The first-order chi connectivity index (χ1) is 27.5. The Bertz CT molecular complexity index is 2300. The van der Waals surface area contributed by atoms with Crippen molar-refractivity contribution in [3.8, 4) is 33.4 Å². The van der Waals surface area contributed by atoms with Crippen LogP contribution in [0.2, 0.25) is 0 Å². The Balaban J connectivity index is 0.000000140. The molecule has 8 aromatic carbocycles. The van der Waals surface area contributed by atoms with E-state index in [-0.39, 0.29) is 0 Å². The molecule has 4 heteroatoms. The molecule has 1 aliphatic heterocycles. The number of rotatable bonds is 8. The van der Waals surface area contributed by atoms with Crippen LogP contribution in [-0.2, 0) is 46.5 Å². The summed E-state index contributed by atoms with van der Waals surface area (Å²) in [6.45, 7) is 8.93. The molecular formula is C52H49Cl2SiZr-3. The fourth-order valence-corrected chi connectivity index (χ4v) is 9.05. The van der Waals surface area contributed by atoms with Crippen molar-refractivity contribution in [1.82, 2.24) is 0 Å². The van der Waals surface area contributed by atoms with Crippen LogP contribution in [0.1, 0.15) is 62.8 Å². The maximum Gasteiger partial charge on any atom is 0.0920 e. The standard InChI is InChI=1S/2C20H21.C12H7Si.2ClH.Zr/c2*1-3-8-16-9-5-6-11-18(16)19-12-7-10-17-13-15(4-2)14-20(17)19;1-3-7-11-9(5-1)10-6-2-4-8-12(10)13-11;;;/h2*5-7,9-14H,3-4,8H2,1-2H3;1-7H;2*1H;/q3*-1;;;+2/p-2. The molecule has 282 valence electrons. The van der Waals surface area contributed by atoms with E-state index >= 15 is 0 Å². The first kappa shape index (κ1) is 41.8. The minimum atomic E-state index is -0.826. The van der Waals surface area contributed by atoms with Gasteiger partial charge in [0.2, 0.25) is 0 Å². The molecule has 56 heavy (non-hydrogen) atoms. The van der Waals surface area contributed by atoms with Gasteiger partial charge in [0.1, 0.15) is 0 Å². The Morgan fingerprint density at radius 1 is 0.518 bits per heavy atom. The molecule has 0 fully saturated rings. The van der Waals surface area contributed by atoms with Crippen molar-refractivity contribution < 1.29 is 20.8 Å². The van der Waals surface area contributed by atoms with Gasteiger partial charge in [-0.15, -0.1) is 74.6 Å². The fraction of sp³-hybridized carbons (Fsp3) is 0.192. The summed E-state index contributed by atoms with van der Waals surface area (Å²) in [6, 6.07) is 58.5. The Morgan fingerprint density at radius 2 is 0.964 bits per heavy atom. The summed E-state index contributed by atoms with van der Waals surface area (Å²) < 4.78 is 0. The second-order valence-corrected chi connectivity index (χ2v) is 19.1. The molecule has 0 bridgehead atoms. The molecule has 8 aromatic rings. The minimum Gasteiger partial charge on any atom is -0.184 e. The van der Waals surface area contributed by atoms with E-state index in [0.29, 0.717) is 0 Å². The average molecular weight is 864 g/mol. The van der Waals surface area contributed by atoms with E-state index in [9.17, 15) is 0 Å². The molecule has 0 spiro atoms. The van der Waals surface area contributed by atoms with E-state index in [1.54, 1.807) is 0 Å². The first-order valence-electron chi connectivity index (χ1n) is 19.9. The van der Waals surface area contributed by atoms with Gasteiger partial charge in [-0.1, -0.05) is 147 Å². The van der Waals surface area contributed by atoms with Gasteiger partial charge in [-0.25, -0.2) is 0 Å². The van der Waals surface area contributed by atoms with Crippen LogP contribution in [0.25, 0.3) is 54.9 Å². The smallest absolute Gasteiger partial charge is 0.0920 e. The van der Waals surface area contributed by atoms with Gasteiger partial charge in [-0.2, -0.15) is 41.6 Å². The van der Waals surface area contributed by atoms with E-state index < -0.39 is 20.8 Å². The molecule has 0 aliphatic carbocycles. The number of benzene rings is 6. The van der Waals surface area contributed by atoms with Crippen LogP contribution in [0, 0.1) is 6.07 Å². The van der Waals surface area contributed by atoms with Crippen LogP contribution >= 0.6 is 17.0 Å². The molecule has 0 unspecified atom stereocenters. The molecule has 2 radical (unpaired) electrons. The second-order valence-electron chi connectivity index (χ2n) is 14.1. The Labute approximate surface area is 356 Å². The van der Waals surface area contributed by atoms with Gasteiger partial charge in [0.25, 0.3) is 0 Å². The zero-order valence-corrected chi connectivity index (χ0v) is 37.9. The van der Waals surface area contributed by atoms with Crippen molar-refractivity contribution in [2.45, 2.75) is 66.2 Å². The summed E-state index contributed by atoms with van der Waals surface area (Å²) in [5.41, 5.74) is 14.1. The predicted molar refractivity (Wildman–Crippen MR) is 244 cm³/mol. The van der Waals surface area contributed by atoms with Crippen molar-refractivity contribution in [3.63, 3.8) is 0 Å². The minimum absolute atomic E-state index is 0.795. The molecule has 0 aromatic heterocycles. The zero-order valence-electron chi connectivity index (χ0n) is 32.9. The summed E-state index contributed by atoms with van der Waals surface area (Å²) in [5, 5.41) is 8.35. The maximum atomic E-state index is 4.93. The SMILES string of the molecule is CCCc1ccccc1-c1cccc2[cH-]c(CC)cc12.CCCc1ccccc1-c1cccc2[cH-]c(CC)cc12.[Cl][Zr][Cl].[c-]1cccc2c1[Si]c1ccccc1-2. The van der Waals surface area contributed by atoms with Gasteiger partial charge in [0, 0.05) is 0 Å². The van der Waals surface area contributed by atoms with E-state index in [0.717, 1.165) is 35.2 Å². The van der Waals surface area contributed by atoms with E-state index in [1.807, 2.05) is 6.07 Å². The molecule has 9 rings (SSSR count). The summed E-state index contributed by atoms with van der Waals surface area (Å²) >= 11 is -0.826. The third-order valence-corrected chi connectivity index (χ3v) is 11.8. The fourth-order valence-electron chi connectivity index (χ4n) is 7.74. The third kappa shape index (κ3) is 10.0. The van der Waals surface area contributed by atoms with Crippen LogP contribution in [0.15, 0.2) is 152 Å². The number of halogens is 2. The van der Waals surface area contributed by atoms with E-state index in [2.05, 4.69) is 179 Å². The van der Waals surface area contributed by atoms with Crippen molar-refractivity contribution in [3.05, 3.63) is 180 Å². The largest absolute Gasteiger partial charge is 0.184 e. The maximum absolute atomic E-state index is 4.93. The Hall–Kier alpha value is -3.78. The second kappa shape index (κ2) is 21.1. The molecule has 0 nitrogen and oxygen atoms in total. The molecule has 0 saturated heterocycles. The normalized spacial score (nSPS) is 11.0. The van der Waals surface area contributed by atoms with Crippen LogP contribution in [0.4, 0.5) is 0 Å². The number of aryl methyl sites for hydroxylation is 4. The van der Waals surface area contributed by atoms with Gasteiger partial charge >= 0.3 is 37.9 Å². The summed E-state index contributed by atoms with van der Waals surface area (Å²) in [4.78, 5) is 0. The Morgan fingerprint density at radius 3 is 1.46 bits per heavy atom. The average Bonchev–Trinajstić information content (AvgIpc) is 3.97. The molecule has 0 saturated carbocycles. The summed E-state index contributed by atoms with van der Waals surface area (Å²) in [6.07, 6.45) is 6.87. The summed E-state index contributed by atoms with van der Waals surface area (Å²) in [5.74, 6) is 0. The van der Waals surface area contributed by atoms with Crippen LogP contribution in [0.5, 0.6) is 0 Å². The monoisotopic (exact) mass is 861 g/mol. The number of hydrogen-bond donors (Lipinski definition) is 0. The van der Waals surface area contributed by atoms with Gasteiger partial charge in [0.05, 0.1) is 9.52 Å².